The predicted molar refractivity (Wildman–Crippen MR) is 203 cm³/mol. The number of aromatic nitrogens is 3. The minimum Gasteiger partial charge on any atom is 0 e. The summed E-state index contributed by atoms with van der Waals surface area (Å²) in [5.41, 5.74) is 9.04. The maximum absolute atomic E-state index is 6.34. The van der Waals surface area contributed by atoms with Crippen molar-refractivity contribution in [2.45, 2.75) is 43.5 Å². The molecule has 8 aromatic rings. The minimum absolute atomic E-state index is 0. The Balaban J connectivity index is 0.000000208. The summed E-state index contributed by atoms with van der Waals surface area (Å²) in [4.78, 5) is 9.61. The van der Waals surface area contributed by atoms with E-state index in [-0.39, 0.29) is 25.5 Å². The fourth-order valence-corrected chi connectivity index (χ4v) is 8.32. The molecule has 0 aliphatic carbocycles. The van der Waals surface area contributed by atoms with Crippen LogP contribution in [0.15, 0.2) is 132 Å². The molecule has 3 heterocycles. The standard InChI is InChI=1S/C29H23N2O.C14H16GeN.Ir/c1-29(2,3)22-14-5-7-16-24(22)31-25-17-8-6-15-23(25)30-28(31)21-13-10-12-20-19-11-4-9-18-26(19)32-27(20)21;1-15(2,3)13-9-10-14(16-11-13)12-7-5-4-6-8-12;/h4-12,14-18H,1-3H3;4-7,9-11H,1-3H3;/q2*-1;. The molecule has 0 aliphatic rings. The van der Waals surface area contributed by atoms with Gasteiger partial charge in [0, 0.05) is 31.2 Å². The van der Waals surface area contributed by atoms with Crippen LogP contribution >= 0.6 is 0 Å². The third-order valence-corrected chi connectivity index (χ3v) is 12.9. The summed E-state index contributed by atoms with van der Waals surface area (Å²) in [6, 6.07) is 48.0. The molecule has 0 atom stereocenters. The average Bonchev–Trinajstić information content (AvgIpc) is 3.67. The number of pyridine rings is 1. The van der Waals surface area contributed by atoms with Gasteiger partial charge in [-0.05, 0) is 35.2 Å². The fraction of sp³-hybridized carbons (Fsp3) is 0.163. The Morgan fingerprint density at radius 3 is 2.18 bits per heavy atom. The molecule has 0 amide bonds. The molecule has 247 valence electrons. The van der Waals surface area contributed by atoms with Crippen molar-refractivity contribution < 1.29 is 24.5 Å². The first kappa shape index (κ1) is 34.6. The van der Waals surface area contributed by atoms with Crippen molar-refractivity contribution in [3.05, 3.63) is 145 Å². The molecular formula is C43H39GeIrN3O-2. The summed E-state index contributed by atoms with van der Waals surface area (Å²) in [7, 11) is 0. The van der Waals surface area contributed by atoms with Gasteiger partial charge in [0.2, 0.25) is 0 Å². The van der Waals surface area contributed by atoms with Crippen molar-refractivity contribution in [1.82, 2.24) is 14.5 Å². The zero-order valence-corrected chi connectivity index (χ0v) is 33.2. The maximum atomic E-state index is 6.34. The summed E-state index contributed by atoms with van der Waals surface area (Å²) in [6.45, 7) is 6.74. The van der Waals surface area contributed by atoms with Gasteiger partial charge in [-0.15, -0.1) is 18.2 Å². The van der Waals surface area contributed by atoms with Crippen LogP contribution in [-0.2, 0) is 25.5 Å². The molecule has 1 radical (unpaired) electrons. The van der Waals surface area contributed by atoms with Gasteiger partial charge in [-0.25, -0.2) is 0 Å². The number of hydrogen-bond acceptors (Lipinski definition) is 3. The molecule has 0 spiro atoms. The first-order valence-corrected chi connectivity index (χ1v) is 23.8. The van der Waals surface area contributed by atoms with E-state index in [0.717, 1.165) is 61.3 Å². The van der Waals surface area contributed by atoms with Crippen LogP contribution in [0, 0.1) is 12.1 Å². The van der Waals surface area contributed by atoms with Gasteiger partial charge in [0.15, 0.2) is 0 Å². The van der Waals surface area contributed by atoms with Crippen molar-refractivity contribution in [3.63, 3.8) is 0 Å². The van der Waals surface area contributed by atoms with Crippen molar-refractivity contribution in [2.75, 3.05) is 0 Å². The van der Waals surface area contributed by atoms with Gasteiger partial charge in [0.05, 0.1) is 22.4 Å². The Hall–Kier alpha value is -4.29. The van der Waals surface area contributed by atoms with Crippen LogP contribution in [0.3, 0.4) is 0 Å². The topological polar surface area (TPSA) is 43.9 Å². The summed E-state index contributed by atoms with van der Waals surface area (Å²) in [6.07, 6.45) is 2.04. The Morgan fingerprint density at radius 1 is 0.714 bits per heavy atom. The van der Waals surface area contributed by atoms with Crippen molar-refractivity contribution in [3.8, 4) is 28.3 Å². The predicted octanol–water partition coefficient (Wildman–Crippen LogP) is 10.8. The van der Waals surface area contributed by atoms with Crippen LogP contribution in [-0.4, -0.2) is 27.8 Å². The van der Waals surface area contributed by atoms with Crippen molar-refractivity contribution >= 4 is 50.6 Å². The van der Waals surface area contributed by atoms with Crippen LogP contribution in [0.4, 0.5) is 0 Å². The van der Waals surface area contributed by atoms with Crippen molar-refractivity contribution in [1.29, 1.82) is 0 Å². The summed E-state index contributed by atoms with van der Waals surface area (Å²) >= 11 is -1.72. The number of hydrogen-bond donors (Lipinski definition) is 0. The summed E-state index contributed by atoms with van der Waals surface area (Å²) < 4.78 is 10.0. The van der Waals surface area contributed by atoms with E-state index in [1.165, 1.54) is 9.96 Å². The van der Waals surface area contributed by atoms with E-state index in [0.29, 0.717) is 0 Å². The smallest absolute Gasteiger partial charge is 0 e. The van der Waals surface area contributed by atoms with Crippen molar-refractivity contribution in [2.24, 2.45) is 0 Å². The maximum Gasteiger partial charge on any atom is 0 e. The molecule has 0 saturated carbocycles. The number of rotatable bonds is 4. The van der Waals surface area contributed by atoms with Crippen LogP contribution < -0.4 is 4.40 Å². The van der Waals surface area contributed by atoms with E-state index in [2.05, 4.69) is 126 Å². The molecule has 0 N–H and O–H groups in total. The third kappa shape index (κ3) is 6.94. The van der Waals surface area contributed by atoms with Gasteiger partial charge in [0.25, 0.3) is 0 Å². The van der Waals surface area contributed by atoms with Gasteiger partial charge in [-0.2, -0.15) is 0 Å². The second-order valence-electron chi connectivity index (χ2n) is 14.2. The van der Waals surface area contributed by atoms with E-state index in [4.69, 9.17) is 9.40 Å². The molecule has 0 aliphatic heterocycles. The Kier molecular flexibility index (Phi) is 9.81. The van der Waals surface area contributed by atoms with Crippen LogP contribution in [0.5, 0.6) is 0 Å². The molecule has 4 nitrogen and oxygen atoms in total. The normalized spacial score (nSPS) is 11.7. The SMILES string of the molecule is CC(C)(C)c1ccccc1-n1c(-c2[c-]ccc3c2oc2ccccc23)nc2ccccc21.[CH3][Ge]([CH3])([CH3])[c]1ccc(-c2[c-]cccc2)nc1.[Ir]. The molecule has 49 heavy (non-hydrogen) atoms. The van der Waals surface area contributed by atoms with E-state index in [1.807, 2.05) is 60.8 Å². The molecule has 0 bridgehead atoms. The van der Waals surface area contributed by atoms with Gasteiger partial charge in [-0.3, -0.25) is 4.98 Å². The molecule has 8 rings (SSSR count). The van der Waals surface area contributed by atoms with E-state index in [9.17, 15) is 0 Å². The number of furan rings is 1. The first-order chi connectivity index (χ1) is 23.1. The molecule has 5 aromatic carbocycles. The van der Waals surface area contributed by atoms with Gasteiger partial charge in [0.1, 0.15) is 5.58 Å². The first-order valence-electron chi connectivity index (χ1n) is 16.4. The number of nitrogens with zero attached hydrogens (tertiary/aromatic N) is 3. The average molecular weight is 879 g/mol. The van der Waals surface area contributed by atoms with Crippen LogP contribution in [0.25, 0.3) is 61.3 Å². The van der Waals surface area contributed by atoms with Gasteiger partial charge < -0.3 is 8.98 Å². The third-order valence-electron chi connectivity index (χ3n) is 8.69. The number of benzene rings is 5. The Labute approximate surface area is 304 Å². The van der Waals surface area contributed by atoms with E-state index < -0.39 is 13.3 Å². The molecule has 3 aromatic heterocycles. The van der Waals surface area contributed by atoms with E-state index in [1.54, 1.807) is 0 Å². The van der Waals surface area contributed by atoms with Gasteiger partial charge >= 0.3 is 99.8 Å². The molecular weight excluding hydrogens is 839 g/mol. The monoisotopic (exact) mass is 880 g/mol. The second kappa shape index (κ2) is 13.9. The zero-order valence-electron chi connectivity index (χ0n) is 28.7. The quantitative estimate of drug-likeness (QED) is 0.131. The van der Waals surface area contributed by atoms with Crippen LogP contribution in [0.1, 0.15) is 26.3 Å². The summed E-state index contributed by atoms with van der Waals surface area (Å²) in [5.74, 6) is 7.98. The molecule has 0 unspecified atom stereocenters. The Bertz CT molecular complexity index is 2360. The molecule has 0 fully saturated rings. The zero-order chi connectivity index (χ0) is 33.5. The minimum atomic E-state index is -1.72. The fourth-order valence-electron chi connectivity index (χ4n) is 6.15. The Morgan fingerprint density at radius 2 is 1.45 bits per heavy atom. The van der Waals surface area contributed by atoms with E-state index >= 15 is 0 Å². The number of para-hydroxylation sites is 4. The number of fused-ring (bicyclic) bond motifs is 4. The van der Waals surface area contributed by atoms with Gasteiger partial charge in [-0.1, -0.05) is 80.3 Å². The number of imidazole rings is 1. The molecule has 6 heteroatoms. The largest absolute Gasteiger partial charge is 0 e. The molecule has 0 saturated heterocycles. The summed E-state index contributed by atoms with van der Waals surface area (Å²) in [5, 5.41) is 2.19. The second-order valence-corrected chi connectivity index (χ2v) is 24.8. The van der Waals surface area contributed by atoms with Crippen LogP contribution in [0.2, 0.25) is 17.3 Å².